The number of thiophene rings is 1. The Bertz CT molecular complexity index is 394. The Morgan fingerprint density at radius 2 is 2.33 bits per heavy atom. The lowest BCUT2D eigenvalue weighted by Crippen LogP contribution is -2.42. The van der Waals surface area contributed by atoms with Crippen molar-refractivity contribution >= 4 is 17.2 Å². The minimum atomic E-state index is 0.248. The van der Waals surface area contributed by atoms with Crippen molar-refractivity contribution in [2.75, 3.05) is 19.6 Å². The number of nitrogens with one attached hydrogen (secondary N) is 1. The lowest BCUT2D eigenvalue weighted by molar-refractivity contribution is 0.0709. The van der Waals surface area contributed by atoms with Gasteiger partial charge in [-0.15, -0.1) is 11.3 Å². The maximum Gasteiger partial charge on any atom is 0.264 e. The molecule has 1 atom stereocenters. The topological polar surface area (TPSA) is 32.3 Å². The van der Waals surface area contributed by atoms with E-state index in [2.05, 4.69) is 10.2 Å². The minimum Gasteiger partial charge on any atom is -0.335 e. The van der Waals surface area contributed by atoms with Gasteiger partial charge in [0.1, 0.15) is 0 Å². The fraction of sp³-hybridized carbons (Fsp3) is 0.643. The van der Waals surface area contributed by atoms with Gasteiger partial charge in [-0.2, -0.15) is 0 Å². The Hall–Kier alpha value is -0.870. The summed E-state index contributed by atoms with van der Waals surface area (Å²) in [6.45, 7) is 3.15. The second-order valence-corrected chi connectivity index (χ2v) is 6.33. The highest BCUT2D eigenvalue weighted by Crippen LogP contribution is 2.30. The second-order valence-electron chi connectivity index (χ2n) is 5.38. The number of piperidine rings is 1. The smallest absolute Gasteiger partial charge is 0.264 e. The van der Waals surface area contributed by atoms with Gasteiger partial charge in [0.05, 0.1) is 4.88 Å². The summed E-state index contributed by atoms with van der Waals surface area (Å²) in [5, 5.41) is 5.42. The van der Waals surface area contributed by atoms with Gasteiger partial charge in [0.2, 0.25) is 0 Å². The predicted molar refractivity (Wildman–Crippen MR) is 74.0 cm³/mol. The highest BCUT2D eigenvalue weighted by molar-refractivity contribution is 7.12. The van der Waals surface area contributed by atoms with Gasteiger partial charge in [-0.1, -0.05) is 6.07 Å². The van der Waals surface area contributed by atoms with Crippen LogP contribution in [0.15, 0.2) is 17.5 Å². The average molecular weight is 264 g/mol. The quantitative estimate of drug-likeness (QED) is 0.905. The van der Waals surface area contributed by atoms with Crippen LogP contribution in [0.2, 0.25) is 0 Å². The molecule has 1 aromatic heterocycles. The molecule has 4 heteroatoms. The average Bonchev–Trinajstić information content (AvgIpc) is 3.10. The molecule has 1 amide bonds. The minimum absolute atomic E-state index is 0.248. The van der Waals surface area contributed by atoms with Crippen LogP contribution >= 0.6 is 11.3 Å². The molecular weight excluding hydrogens is 244 g/mol. The van der Waals surface area contributed by atoms with Crippen molar-refractivity contribution in [3.63, 3.8) is 0 Å². The van der Waals surface area contributed by atoms with Crippen LogP contribution in [0.25, 0.3) is 0 Å². The van der Waals surface area contributed by atoms with E-state index in [9.17, 15) is 4.79 Å². The standard InChI is InChI=1S/C14H20N2OS/c17-14(13-4-2-8-18-13)16(12-5-6-12)10-11-3-1-7-15-9-11/h2,4,8,11-12,15H,1,3,5-7,9-10H2. The Morgan fingerprint density at radius 1 is 1.44 bits per heavy atom. The highest BCUT2D eigenvalue weighted by Gasteiger charge is 2.34. The molecule has 1 aromatic rings. The first-order valence-corrected chi connectivity index (χ1v) is 7.78. The third-order valence-corrected chi connectivity index (χ3v) is 4.69. The molecule has 1 saturated carbocycles. The summed E-state index contributed by atoms with van der Waals surface area (Å²) in [7, 11) is 0. The van der Waals surface area contributed by atoms with Crippen molar-refractivity contribution in [3.05, 3.63) is 22.4 Å². The Morgan fingerprint density at radius 3 is 2.94 bits per heavy atom. The van der Waals surface area contributed by atoms with Crippen molar-refractivity contribution < 1.29 is 4.79 Å². The van der Waals surface area contributed by atoms with Gasteiger partial charge in [0.25, 0.3) is 5.91 Å². The molecule has 0 aromatic carbocycles. The number of rotatable bonds is 4. The molecular formula is C14H20N2OS. The number of carbonyl (C=O) groups is 1. The summed E-state index contributed by atoms with van der Waals surface area (Å²) in [5.74, 6) is 0.890. The first-order chi connectivity index (χ1) is 8.84. The van der Waals surface area contributed by atoms with Gasteiger partial charge in [0.15, 0.2) is 0 Å². The largest absolute Gasteiger partial charge is 0.335 e. The molecule has 1 aliphatic heterocycles. The van der Waals surface area contributed by atoms with Crippen LogP contribution in [0, 0.1) is 5.92 Å². The fourth-order valence-corrected chi connectivity index (χ4v) is 3.36. The fourth-order valence-electron chi connectivity index (χ4n) is 2.68. The van der Waals surface area contributed by atoms with E-state index in [0.717, 1.165) is 24.5 Å². The molecule has 1 aliphatic carbocycles. The lowest BCUT2D eigenvalue weighted by Gasteiger charge is -2.30. The van der Waals surface area contributed by atoms with E-state index in [1.54, 1.807) is 11.3 Å². The van der Waals surface area contributed by atoms with Crippen molar-refractivity contribution in [2.24, 2.45) is 5.92 Å². The van der Waals surface area contributed by atoms with E-state index in [1.165, 1.54) is 25.7 Å². The number of amides is 1. The number of nitrogens with zero attached hydrogens (tertiary/aromatic N) is 1. The van der Waals surface area contributed by atoms with Crippen LogP contribution in [0.3, 0.4) is 0 Å². The Kier molecular flexibility index (Phi) is 3.66. The van der Waals surface area contributed by atoms with Crippen molar-refractivity contribution in [3.8, 4) is 0 Å². The van der Waals surface area contributed by atoms with Crippen molar-refractivity contribution in [1.29, 1.82) is 0 Å². The predicted octanol–water partition coefficient (Wildman–Crippen LogP) is 2.35. The van der Waals surface area contributed by atoms with Gasteiger partial charge in [-0.3, -0.25) is 4.79 Å². The number of hydrogen-bond donors (Lipinski definition) is 1. The molecule has 3 rings (SSSR count). The van der Waals surface area contributed by atoms with Crippen LogP contribution in [0.4, 0.5) is 0 Å². The molecule has 1 saturated heterocycles. The molecule has 2 fully saturated rings. The van der Waals surface area contributed by atoms with Crippen LogP contribution in [0.5, 0.6) is 0 Å². The van der Waals surface area contributed by atoms with E-state index in [-0.39, 0.29) is 5.91 Å². The summed E-state index contributed by atoms with van der Waals surface area (Å²) < 4.78 is 0. The lowest BCUT2D eigenvalue weighted by atomic mass is 9.99. The molecule has 0 radical (unpaired) electrons. The zero-order chi connectivity index (χ0) is 12.4. The zero-order valence-electron chi connectivity index (χ0n) is 10.6. The van der Waals surface area contributed by atoms with E-state index in [0.29, 0.717) is 12.0 Å². The van der Waals surface area contributed by atoms with E-state index in [4.69, 9.17) is 0 Å². The Balaban J connectivity index is 1.66. The van der Waals surface area contributed by atoms with Crippen molar-refractivity contribution in [1.82, 2.24) is 10.2 Å². The molecule has 0 bridgehead atoms. The van der Waals surface area contributed by atoms with Gasteiger partial charge in [-0.25, -0.2) is 0 Å². The normalized spacial score (nSPS) is 23.9. The maximum absolute atomic E-state index is 12.5. The van der Waals surface area contributed by atoms with Gasteiger partial charge in [-0.05, 0) is 56.1 Å². The van der Waals surface area contributed by atoms with Crippen LogP contribution in [0.1, 0.15) is 35.4 Å². The SMILES string of the molecule is O=C(c1cccs1)N(CC1CCCNC1)C1CC1. The Labute approximate surface area is 112 Å². The summed E-state index contributed by atoms with van der Waals surface area (Å²) in [4.78, 5) is 15.5. The van der Waals surface area contributed by atoms with Crippen LogP contribution in [-0.4, -0.2) is 36.5 Å². The van der Waals surface area contributed by atoms with Crippen molar-refractivity contribution in [2.45, 2.75) is 31.7 Å². The molecule has 18 heavy (non-hydrogen) atoms. The van der Waals surface area contributed by atoms with E-state index < -0.39 is 0 Å². The number of hydrogen-bond acceptors (Lipinski definition) is 3. The molecule has 2 aliphatic rings. The zero-order valence-corrected chi connectivity index (χ0v) is 11.4. The molecule has 1 unspecified atom stereocenters. The van der Waals surface area contributed by atoms with Crippen LogP contribution < -0.4 is 5.32 Å². The molecule has 98 valence electrons. The molecule has 0 spiro atoms. The summed E-state index contributed by atoms with van der Waals surface area (Å²) in [5.41, 5.74) is 0. The van der Waals surface area contributed by atoms with Gasteiger partial charge < -0.3 is 10.2 Å². The molecule has 2 heterocycles. The van der Waals surface area contributed by atoms with E-state index >= 15 is 0 Å². The first-order valence-electron chi connectivity index (χ1n) is 6.90. The third kappa shape index (κ3) is 2.75. The van der Waals surface area contributed by atoms with Crippen LogP contribution in [-0.2, 0) is 0 Å². The van der Waals surface area contributed by atoms with E-state index in [1.807, 2.05) is 17.5 Å². The summed E-state index contributed by atoms with van der Waals surface area (Å²) in [6.07, 6.45) is 4.89. The second kappa shape index (κ2) is 5.41. The third-order valence-electron chi connectivity index (χ3n) is 3.83. The highest BCUT2D eigenvalue weighted by atomic mass is 32.1. The van der Waals surface area contributed by atoms with Gasteiger partial charge in [0, 0.05) is 12.6 Å². The summed E-state index contributed by atoms with van der Waals surface area (Å²) in [6, 6.07) is 4.42. The molecule has 1 N–H and O–H groups in total. The first kappa shape index (κ1) is 12.2. The summed E-state index contributed by atoms with van der Waals surface area (Å²) >= 11 is 1.56. The number of carbonyl (C=O) groups excluding carboxylic acids is 1. The molecule has 3 nitrogen and oxygen atoms in total. The maximum atomic E-state index is 12.5. The van der Waals surface area contributed by atoms with Gasteiger partial charge >= 0.3 is 0 Å². The monoisotopic (exact) mass is 264 g/mol.